The second kappa shape index (κ2) is 6.93. The number of hydrogen-bond acceptors (Lipinski definition) is 4. The minimum atomic E-state index is -0.00473. The van der Waals surface area contributed by atoms with E-state index in [1.807, 2.05) is 6.07 Å². The van der Waals surface area contributed by atoms with Crippen molar-refractivity contribution >= 4 is 27.8 Å². The van der Waals surface area contributed by atoms with E-state index in [1.165, 1.54) is 19.3 Å². The van der Waals surface area contributed by atoms with Crippen molar-refractivity contribution in [1.29, 1.82) is 0 Å². The lowest BCUT2D eigenvalue weighted by Crippen LogP contribution is -2.35. The molecular formula is C20H26BrN3O. The first kappa shape index (κ1) is 17.4. The van der Waals surface area contributed by atoms with Gasteiger partial charge in [0.1, 0.15) is 4.60 Å². The van der Waals surface area contributed by atoms with E-state index in [1.54, 1.807) is 0 Å². The molecule has 1 spiro atoms. The average molecular weight is 404 g/mol. The summed E-state index contributed by atoms with van der Waals surface area (Å²) in [4.78, 5) is 19.9. The molecule has 0 unspecified atom stereocenters. The zero-order chi connectivity index (χ0) is 17.4. The van der Waals surface area contributed by atoms with Crippen LogP contribution in [0.5, 0.6) is 0 Å². The van der Waals surface area contributed by atoms with Crippen molar-refractivity contribution in [2.24, 2.45) is 5.41 Å². The molecule has 134 valence electrons. The van der Waals surface area contributed by atoms with E-state index in [-0.39, 0.29) is 11.8 Å². The number of halogens is 1. The number of pyridine rings is 1. The molecule has 1 aliphatic carbocycles. The number of piperidine rings is 1. The molecule has 1 aromatic rings. The number of Topliss-reactive ketones (excluding diaryl/α,β-unsaturated/α-hetero) is 1. The van der Waals surface area contributed by atoms with E-state index in [4.69, 9.17) is 0 Å². The molecule has 3 atom stereocenters. The molecule has 2 fully saturated rings. The Labute approximate surface area is 158 Å². The number of nitrogens with one attached hydrogen (secondary N) is 1. The van der Waals surface area contributed by atoms with Gasteiger partial charge in [-0.3, -0.25) is 4.79 Å². The highest BCUT2D eigenvalue weighted by Crippen LogP contribution is 2.55. The molecule has 1 aromatic heterocycles. The predicted octanol–water partition coefficient (Wildman–Crippen LogP) is 3.21. The largest absolute Gasteiger partial charge is 0.306 e. The van der Waals surface area contributed by atoms with Gasteiger partial charge in [0.25, 0.3) is 0 Å². The van der Waals surface area contributed by atoms with Gasteiger partial charge >= 0.3 is 0 Å². The number of carbonyl (C=O) groups is 1. The van der Waals surface area contributed by atoms with Crippen LogP contribution < -0.4 is 5.32 Å². The number of ketones is 1. The predicted molar refractivity (Wildman–Crippen MR) is 103 cm³/mol. The molecule has 5 heteroatoms. The van der Waals surface area contributed by atoms with Crippen molar-refractivity contribution in [3.8, 4) is 0 Å². The van der Waals surface area contributed by atoms with Gasteiger partial charge in [-0.15, -0.1) is 0 Å². The Bertz CT molecular complexity index is 704. The van der Waals surface area contributed by atoms with Crippen molar-refractivity contribution in [3.63, 3.8) is 0 Å². The highest BCUT2D eigenvalue weighted by Gasteiger charge is 2.61. The van der Waals surface area contributed by atoms with E-state index in [2.05, 4.69) is 56.4 Å². The summed E-state index contributed by atoms with van der Waals surface area (Å²) in [7, 11) is 2.23. The number of fused-ring (bicyclic) bond motifs is 2. The van der Waals surface area contributed by atoms with Crippen LogP contribution >= 0.6 is 15.9 Å². The monoisotopic (exact) mass is 403 g/mol. The molecule has 0 radical (unpaired) electrons. The molecule has 4 nitrogen and oxygen atoms in total. The van der Waals surface area contributed by atoms with Crippen LogP contribution in [0.3, 0.4) is 0 Å². The third-order valence-electron chi connectivity index (χ3n) is 5.95. The van der Waals surface area contributed by atoms with Gasteiger partial charge in [0.05, 0.1) is 18.2 Å². The summed E-state index contributed by atoms with van der Waals surface area (Å²) in [6, 6.07) is 4.54. The summed E-state index contributed by atoms with van der Waals surface area (Å²) in [5.74, 6) is 0.282. The summed E-state index contributed by atoms with van der Waals surface area (Å²) >= 11 is 3.45. The fraction of sp³-hybridized carbons (Fsp3) is 0.600. The summed E-state index contributed by atoms with van der Waals surface area (Å²) in [6.45, 7) is 2.26. The molecular weight excluding hydrogens is 378 g/mol. The smallest absolute Gasteiger partial charge is 0.155 e. The lowest BCUT2D eigenvalue weighted by Gasteiger charge is -2.23. The van der Waals surface area contributed by atoms with E-state index >= 15 is 0 Å². The molecule has 25 heavy (non-hydrogen) atoms. The van der Waals surface area contributed by atoms with Gasteiger partial charge in [-0.2, -0.15) is 0 Å². The van der Waals surface area contributed by atoms with Gasteiger partial charge < -0.3 is 10.2 Å². The van der Waals surface area contributed by atoms with Crippen molar-refractivity contribution in [2.75, 3.05) is 20.1 Å². The van der Waals surface area contributed by atoms with Crippen molar-refractivity contribution in [2.45, 2.75) is 50.6 Å². The summed E-state index contributed by atoms with van der Waals surface area (Å²) in [5, 5.41) is 3.58. The van der Waals surface area contributed by atoms with Crippen LogP contribution in [0.25, 0.3) is 6.08 Å². The average Bonchev–Trinajstić information content (AvgIpc) is 3.10. The van der Waals surface area contributed by atoms with Crippen LogP contribution in [0.1, 0.15) is 43.4 Å². The molecule has 2 aliphatic heterocycles. The Kier molecular flexibility index (Phi) is 4.82. The summed E-state index contributed by atoms with van der Waals surface area (Å²) in [5.41, 5.74) is 2.29. The summed E-state index contributed by atoms with van der Waals surface area (Å²) < 4.78 is 0.797. The van der Waals surface area contributed by atoms with Crippen LogP contribution in [-0.4, -0.2) is 47.9 Å². The van der Waals surface area contributed by atoms with E-state index in [9.17, 15) is 4.79 Å². The molecule has 3 aliphatic rings. The third kappa shape index (κ3) is 3.74. The van der Waals surface area contributed by atoms with Crippen molar-refractivity contribution in [1.82, 2.24) is 15.2 Å². The zero-order valence-corrected chi connectivity index (χ0v) is 16.4. The quantitative estimate of drug-likeness (QED) is 0.675. The first-order valence-corrected chi connectivity index (χ1v) is 10.1. The number of hydrogen-bond donors (Lipinski definition) is 1. The molecule has 0 aromatic carbocycles. The van der Waals surface area contributed by atoms with Crippen LogP contribution in [0.4, 0.5) is 0 Å². The lowest BCUT2D eigenvalue weighted by atomic mass is 9.94. The van der Waals surface area contributed by atoms with Crippen LogP contribution in [-0.2, 0) is 11.2 Å². The van der Waals surface area contributed by atoms with Crippen LogP contribution in [0.2, 0.25) is 0 Å². The van der Waals surface area contributed by atoms with Gasteiger partial charge in [-0.1, -0.05) is 18.2 Å². The Hall–Kier alpha value is -1.04. The Morgan fingerprint density at radius 3 is 3.08 bits per heavy atom. The minimum Gasteiger partial charge on any atom is -0.306 e. The maximum atomic E-state index is 12.9. The standard InChI is InChI=1S/C20H26BrN3O/c1-24-9-5-3-2-4-6-14-7-8-19(21)23-15(14)10-17(25)16-11-20(13-24)12-18(20)22-16/h4,6-8,16,18,22H,2-3,5,9-13H2,1H3/t16-,18+,20-/m0/s1. The highest BCUT2D eigenvalue weighted by atomic mass is 79.9. The fourth-order valence-corrected chi connectivity index (χ4v) is 4.85. The number of carbonyl (C=O) groups excluding carboxylic acids is 1. The molecule has 4 rings (SSSR count). The van der Waals surface area contributed by atoms with E-state index in [0.717, 1.165) is 41.8 Å². The van der Waals surface area contributed by atoms with Gasteiger partial charge in [0.2, 0.25) is 0 Å². The third-order valence-corrected chi connectivity index (χ3v) is 6.39. The highest BCUT2D eigenvalue weighted by molar-refractivity contribution is 9.10. The SMILES string of the molecule is CN1CCCCC=Cc2ccc(Br)nc2CC(=O)[C@@H]2C[C@]3(C[C@H]3N2)C1. The van der Waals surface area contributed by atoms with Gasteiger partial charge in [0, 0.05) is 18.0 Å². The van der Waals surface area contributed by atoms with Gasteiger partial charge in [0.15, 0.2) is 5.78 Å². The fourth-order valence-electron chi connectivity index (χ4n) is 4.50. The first-order valence-electron chi connectivity index (χ1n) is 9.35. The number of allylic oxidation sites excluding steroid dienone is 1. The number of rotatable bonds is 0. The molecule has 2 bridgehead atoms. The topological polar surface area (TPSA) is 45.2 Å². The zero-order valence-electron chi connectivity index (χ0n) is 14.8. The second-order valence-corrected chi connectivity index (χ2v) is 8.80. The van der Waals surface area contributed by atoms with E-state index < -0.39 is 0 Å². The maximum Gasteiger partial charge on any atom is 0.155 e. The first-order chi connectivity index (χ1) is 12.1. The number of aromatic nitrogens is 1. The summed E-state index contributed by atoms with van der Waals surface area (Å²) in [6.07, 6.45) is 10.5. The van der Waals surface area contributed by atoms with E-state index in [0.29, 0.717) is 17.9 Å². The normalized spacial score (nSPS) is 33.3. The van der Waals surface area contributed by atoms with Gasteiger partial charge in [-0.25, -0.2) is 4.98 Å². The molecule has 0 amide bonds. The van der Waals surface area contributed by atoms with Crippen LogP contribution in [0, 0.1) is 5.41 Å². The van der Waals surface area contributed by atoms with Crippen LogP contribution in [0.15, 0.2) is 22.8 Å². The Morgan fingerprint density at radius 2 is 2.20 bits per heavy atom. The molecule has 3 heterocycles. The molecule has 1 saturated heterocycles. The lowest BCUT2D eigenvalue weighted by molar-refractivity contribution is -0.120. The molecule has 1 saturated carbocycles. The second-order valence-electron chi connectivity index (χ2n) is 7.99. The maximum absolute atomic E-state index is 12.9. The van der Waals surface area contributed by atoms with Gasteiger partial charge in [-0.05, 0) is 73.3 Å². The minimum absolute atomic E-state index is 0.00473. The number of nitrogens with zero attached hydrogens (tertiary/aromatic N) is 2. The Balaban J connectivity index is 1.57. The van der Waals surface area contributed by atoms with Crippen molar-refractivity contribution < 1.29 is 4.79 Å². The molecule has 1 N–H and O–H groups in total. The van der Waals surface area contributed by atoms with Crippen molar-refractivity contribution in [3.05, 3.63) is 34.1 Å². The Morgan fingerprint density at radius 1 is 1.32 bits per heavy atom.